The highest BCUT2D eigenvalue weighted by atomic mass is 32.2. The molecule has 1 fully saturated rings. The van der Waals surface area contributed by atoms with Crippen molar-refractivity contribution in [3.8, 4) is 0 Å². The number of sulfonamides is 1. The number of fused-ring (bicyclic) bond motifs is 1. The van der Waals surface area contributed by atoms with Crippen molar-refractivity contribution >= 4 is 21.6 Å². The van der Waals surface area contributed by atoms with Crippen LogP contribution in [0.5, 0.6) is 0 Å². The van der Waals surface area contributed by atoms with Crippen LogP contribution in [0.1, 0.15) is 23.9 Å². The molecule has 2 aromatic rings. The molecule has 0 bridgehead atoms. The first-order valence-electron chi connectivity index (χ1n) is 9.40. The monoisotopic (exact) mass is 404 g/mol. The molecule has 9 heteroatoms. The summed E-state index contributed by atoms with van der Waals surface area (Å²) in [6.45, 7) is 6.80. The molecule has 1 aromatic heterocycles. The summed E-state index contributed by atoms with van der Waals surface area (Å²) in [4.78, 5) is 15.8. The summed E-state index contributed by atoms with van der Waals surface area (Å²) in [6, 6.07) is 6.98. The lowest BCUT2D eigenvalue weighted by atomic mass is 10.2. The second kappa shape index (κ2) is 7.31. The predicted molar refractivity (Wildman–Crippen MR) is 103 cm³/mol. The number of carbonyl (C=O) groups excluding carboxylic acids is 1. The second-order valence-corrected chi connectivity index (χ2v) is 9.26. The molecule has 0 atom stereocenters. The van der Waals surface area contributed by atoms with Crippen molar-refractivity contribution < 1.29 is 17.7 Å². The summed E-state index contributed by atoms with van der Waals surface area (Å²) >= 11 is 0. The van der Waals surface area contributed by atoms with Crippen LogP contribution < -0.4 is 4.90 Å². The number of piperazine rings is 1. The molecular weight excluding hydrogens is 380 g/mol. The van der Waals surface area contributed by atoms with Gasteiger partial charge < -0.3 is 9.42 Å². The Morgan fingerprint density at radius 1 is 1.14 bits per heavy atom. The molecule has 8 nitrogen and oxygen atoms in total. The van der Waals surface area contributed by atoms with Gasteiger partial charge in [-0.3, -0.25) is 9.69 Å². The van der Waals surface area contributed by atoms with Gasteiger partial charge in [0.2, 0.25) is 15.9 Å². The van der Waals surface area contributed by atoms with Crippen molar-refractivity contribution in [2.24, 2.45) is 0 Å². The van der Waals surface area contributed by atoms with E-state index in [0.717, 1.165) is 22.7 Å². The molecule has 1 amide bonds. The van der Waals surface area contributed by atoms with Gasteiger partial charge in [-0.25, -0.2) is 8.42 Å². The van der Waals surface area contributed by atoms with Crippen LogP contribution in [-0.4, -0.2) is 61.4 Å². The van der Waals surface area contributed by atoms with Crippen molar-refractivity contribution in [2.45, 2.75) is 31.7 Å². The Labute approximate surface area is 164 Å². The van der Waals surface area contributed by atoms with Crippen molar-refractivity contribution in [2.75, 3.05) is 37.6 Å². The Hall–Kier alpha value is -2.23. The van der Waals surface area contributed by atoms with E-state index in [0.29, 0.717) is 50.6 Å². The average molecular weight is 404 g/mol. The van der Waals surface area contributed by atoms with E-state index in [1.165, 1.54) is 11.2 Å². The maximum absolute atomic E-state index is 13.1. The maximum atomic E-state index is 13.1. The Balaban J connectivity index is 1.44. The van der Waals surface area contributed by atoms with E-state index >= 15 is 0 Å². The summed E-state index contributed by atoms with van der Waals surface area (Å²) in [5, 5.41) is 3.89. The summed E-state index contributed by atoms with van der Waals surface area (Å²) in [7, 11) is -3.55. The van der Waals surface area contributed by atoms with Gasteiger partial charge in [-0.15, -0.1) is 0 Å². The summed E-state index contributed by atoms with van der Waals surface area (Å²) in [5.41, 5.74) is 2.57. The van der Waals surface area contributed by atoms with E-state index in [1.54, 1.807) is 23.1 Å². The van der Waals surface area contributed by atoms with Crippen LogP contribution >= 0.6 is 0 Å². The van der Waals surface area contributed by atoms with E-state index in [1.807, 2.05) is 13.0 Å². The lowest BCUT2D eigenvalue weighted by Crippen LogP contribution is -2.48. The van der Waals surface area contributed by atoms with E-state index in [9.17, 15) is 13.2 Å². The number of hydrogen-bond acceptors (Lipinski definition) is 6. The maximum Gasteiger partial charge on any atom is 0.243 e. The third-order valence-electron chi connectivity index (χ3n) is 5.35. The SMILES string of the molecule is CC(=O)N1CCc2cc(S(=O)(=O)N3CCN(Cc4cc(C)no4)CC3)ccc21. The highest BCUT2D eigenvalue weighted by Gasteiger charge is 2.31. The molecule has 150 valence electrons. The minimum Gasteiger partial charge on any atom is -0.360 e. The van der Waals surface area contributed by atoms with E-state index < -0.39 is 10.0 Å². The fourth-order valence-corrected chi connectivity index (χ4v) is 5.33. The van der Waals surface area contributed by atoms with Crippen LogP contribution in [0.3, 0.4) is 0 Å². The number of aromatic nitrogens is 1. The molecule has 0 N–H and O–H groups in total. The van der Waals surface area contributed by atoms with Gasteiger partial charge in [0, 0.05) is 51.4 Å². The minimum absolute atomic E-state index is 0.0209. The number of hydrogen-bond donors (Lipinski definition) is 0. The first-order valence-corrected chi connectivity index (χ1v) is 10.8. The Bertz CT molecular complexity index is 993. The Morgan fingerprint density at radius 3 is 2.54 bits per heavy atom. The fraction of sp³-hybridized carbons (Fsp3) is 0.474. The van der Waals surface area contributed by atoms with Crippen LogP contribution in [0.25, 0.3) is 0 Å². The Kier molecular flexibility index (Phi) is 4.98. The summed E-state index contributed by atoms with van der Waals surface area (Å²) in [5.74, 6) is 0.773. The first kappa shape index (κ1) is 19.1. The van der Waals surface area contributed by atoms with E-state index in [4.69, 9.17) is 4.52 Å². The topological polar surface area (TPSA) is 87.0 Å². The largest absolute Gasteiger partial charge is 0.360 e. The third kappa shape index (κ3) is 3.57. The molecule has 1 aromatic carbocycles. The zero-order chi connectivity index (χ0) is 19.9. The molecule has 0 aliphatic carbocycles. The third-order valence-corrected chi connectivity index (χ3v) is 7.25. The van der Waals surface area contributed by atoms with Crippen molar-refractivity contribution in [1.82, 2.24) is 14.4 Å². The van der Waals surface area contributed by atoms with Gasteiger partial charge in [0.05, 0.1) is 17.1 Å². The number of amides is 1. The predicted octanol–water partition coefficient (Wildman–Crippen LogP) is 1.40. The van der Waals surface area contributed by atoms with Gasteiger partial charge in [0.25, 0.3) is 0 Å². The van der Waals surface area contributed by atoms with Crippen LogP contribution in [0.4, 0.5) is 5.69 Å². The highest BCUT2D eigenvalue weighted by Crippen LogP contribution is 2.31. The zero-order valence-corrected chi connectivity index (χ0v) is 16.9. The quantitative estimate of drug-likeness (QED) is 0.766. The van der Waals surface area contributed by atoms with Crippen LogP contribution in [0.2, 0.25) is 0 Å². The molecule has 0 saturated carbocycles. The average Bonchev–Trinajstić information content (AvgIpc) is 3.27. The van der Waals surface area contributed by atoms with Gasteiger partial charge in [0.1, 0.15) is 0 Å². The molecule has 0 radical (unpaired) electrons. The fourth-order valence-electron chi connectivity index (χ4n) is 3.85. The second-order valence-electron chi connectivity index (χ2n) is 7.33. The number of nitrogens with zero attached hydrogens (tertiary/aromatic N) is 4. The highest BCUT2D eigenvalue weighted by molar-refractivity contribution is 7.89. The van der Waals surface area contributed by atoms with Gasteiger partial charge in [-0.05, 0) is 37.1 Å². The van der Waals surface area contributed by atoms with Crippen molar-refractivity contribution in [3.63, 3.8) is 0 Å². The number of carbonyl (C=O) groups is 1. The molecule has 1 saturated heterocycles. The van der Waals surface area contributed by atoms with E-state index in [2.05, 4.69) is 10.1 Å². The molecular formula is C19H24N4O4S. The summed E-state index contributed by atoms with van der Waals surface area (Å²) in [6.07, 6.45) is 0.683. The lowest BCUT2D eigenvalue weighted by Gasteiger charge is -2.33. The molecule has 3 heterocycles. The number of aryl methyl sites for hydroxylation is 1. The van der Waals surface area contributed by atoms with Crippen molar-refractivity contribution in [3.05, 3.63) is 41.3 Å². The van der Waals surface area contributed by atoms with Gasteiger partial charge in [0.15, 0.2) is 5.76 Å². The standard InChI is InChI=1S/C19H24N4O4S/c1-14-11-17(27-20-14)13-21-7-9-22(10-8-21)28(25,26)18-3-4-19-16(12-18)5-6-23(19)15(2)24/h3-4,11-12H,5-10,13H2,1-2H3. The Morgan fingerprint density at radius 2 is 1.89 bits per heavy atom. The van der Waals surface area contributed by atoms with Crippen LogP contribution in [0.15, 0.2) is 33.7 Å². The van der Waals surface area contributed by atoms with Crippen LogP contribution in [0, 0.1) is 6.92 Å². The molecule has 28 heavy (non-hydrogen) atoms. The molecule has 0 spiro atoms. The molecule has 2 aliphatic heterocycles. The lowest BCUT2D eigenvalue weighted by molar-refractivity contribution is -0.116. The van der Waals surface area contributed by atoms with Crippen molar-refractivity contribution in [1.29, 1.82) is 0 Å². The number of rotatable bonds is 4. The number of anilines is 1. The normalized spacial score (nSPS) is 18.4. The molecule has 4 rings (SSSR count). The van der Waals surface area contributed by atoms with Gasteiger partial charge in [-0.2, -0.15) is 4.31 Å². The van der Waals surface area contributed by atoms with Gasteiger partial charge in [-0.1, -0.05) is 5.16 Å². The molecule has 2 aliphatic rings. The van der Waals surface area contributed by atoms with E-state index in [-0.39, 0.29) is 5.91 Å². The molecule has 0 unspecified atom stereocenters. The first-order chi connectivity index (χ1) is 13.3. The zero-order valence-electron chi connectivity index (χ0n) is 16.1. The smallest absolute Gasteiger partial charge is 0.243 e. The summed E-state index contributed by atoms with van der Waals surface area (Å²) < 4.78 is 32.9. The number of benzene rings is 1. The minimum atomic E-state index is -3.55. The van der Waals surface area contributed by atoms with Gasteiger partial charge >= 0.3 is 0 Å². The van der Waals surface area contributed by atoms with Crippen LogP contribution in [-0.2, 0) is 27.8 Å².